The molecule has 244 valence electrons. The Kier molecular flexibility index (Phi) is 8.22. The van der Waals surface area contributed by atoms with Gasteiger partial charge in [0.15, 0.2) is 11.5 Å². The Balaban J connectivity index is 1.31. The molecule has 0 aliphatic carbocycles. The number of hydrogen-bond donors (Lipinski definition) is 2. The summed E-state index contributed by atoms with van der Waals surface area (Å²) in [7, 11) is 1.59. The first-order valence-electron chi connectivity index (χ1n) is 16.0. The molecule has 2 amide bonds. The van der Waals surface area contributed by atoms with Crippen molar-refractivity contribution in [3.8, 4) is 34.4 Å². The Labute approximate surface area is 278 Å². The minimum atomic E-state index is -0.417. The van der Waals surface area contributed by atoms with Gasteiger partial charge in [-0.25, -0.2) is 4.68 Å². The quantitative estimate of drug-likeness (QED) is 0.237. The van der Waals surface area contributed by atoms with Crippen molar-refractivity contribution in [3.63, 3.8) is 0 Å². The number of hydrogen-bond acceptors (Lipinski definition) is 7. The Bertz CT molecular complexity index is 2040. The summed E-state index contributed by atoms with van der Waals surface area (Å²) in [5, 5.41) is 17.8. The standard InChI is InChI=1S/C38H36N4O6/c1-23-18-24(2)42(40-23)28-7-4-6-27(19-28)38(45)41-16-14-25-20-29-9-11-31(25)36(41)26-8-13-34(46-3)35(21-26)47-17-5-15-39-37(44)32-22-30(48-29)10-12-33(32)43/h4,6-13,18-22,36,43H,5,14-17H2,1-3H3,(H,39,44). The predicted octanol–water partition coefficient (Wildman–Crippen LogP) is 6.30. The molecule has 3 aliphatic heterocycles. The number of nitrogens with one attached hydrogen (secondary N) is 1. The van der Waals surface area contributed by atoms with Crippen molar-refractivity contribution in [2.45, 2.75) is 32.7 Å². The van der Waals surface area contributed by atoms with Gasteiger partial charge >= 0.3 is 0 Å². The van der Waals surface area contributed by atoms with Gasteiger partial charge in [0.1, 0.15) is 17.2 Å². The van der Waals surface area contributed by atoms with E-state index in [4.69, 9.17) is 14.2 Å². The molecule has 0 spiro atoms. The van der Waals surface area contributed by atoms with Gasteiger partial charge in [-0.3, -0.25) is 9.59 Å². The summed E-state index contributed by atoms with van der Waals surface area (Å²) in [6, 6.07) is 25.4. The summed E-state index contributed by atoms with van der Waals surface area (Å²) < 4.78 is 19.9. The Hall–Kier alpha value is -5.77. The Morgan fingerprint density at radius 1 is 1.00 bits per heavy atom. The maximum atomic E-state index is 14.4. The molecular formula is C38H36N4O6. The molecule has 2 N–H and O–H groups in total. The first kappa shape index (κ1) is 30.9. The van der Waals surface area contributed by atoms with Crippen LogP contribution in [0, 0.1) is 13.8 Å². The molecule has 4 aromatic carbocycles. The fraction of sp³-hybridized carbons (Fsp3) is 0.237. The zero-order valence-corrected chi connectivity index (χ0v) is 27.0. The highest BCUT2D eigenvalue weighted by Gasteiger charge is 2.34. The fourth-order valence-electron chi connectivity index (χ4n) is 6.50. The van der Waals surface area contributed by atoms with E-state index in [0.29, 0.717) is 61.1 Å². The van der Waals surface area contributed by atoms with E-state index >= 15 is 0 Å². The third-order valence-corrected chi connectivity index (χ3v) is 8.77. The Morgan fingerprint density at radius 2 is 1.83 bits per heavy atom. The highest BCUT2D eigenvalue weighted by Crippen LogP contribution is 2.41. The zero-order valence-electron chi connectivity index (χ0n) is 27.0. The first-order chi connectivity index (χ1) is 23.3. The molecule has 0 fully saturated rings. The topological polar surface area (TPSA) is 115 Å². The molecule has 10 nitrogen and oxygen atoms in total. The van der Waals surface area contributed by atoms with Crippen LogP contribution in [0.2, 0.25) is 0 Å². The smallest absolute Gasteiger partial charge is 0.255 e. The molecule has 10 heteroatoms. The number of fused-ring (bicyclic) bond motifs is 6. The van der Waals surface area contributed by atoms with Gasteiger partial charge in [-0.1, -0.05) is 18.2 Å². The molecule has 0 saturated carbocycles. The van der Waals surface area contributed by atoms with E-state index in [1.165, 1.54) is 12.1 Å². The molecule has 1 aromatic heterocycles. The third-order valence-electron chi connectivity index (χ3n) is 8.77. The highest BCUT2D eigenvalue weighted by atomic mass is 16.5. The lowest BCUT2D eigenvalue weighted by atomic mass is 9.87. The zero-order chi connectivity index (χ0) is 33.4. The number of aromatic nitrogens is 2. The monoisotopic (exact) mass is 644 g/mol. The molecule has 1 atom stereocenters. The summed E-state index contributed by atoms with van der Waals surface area (Å²) in [4.78, 5) is 29.2. The van der Waals surface area contributed by atoms with Gasteiger partial charge in [0.05, 0.1) is 36.7 Å². The van der Waals surface area contributed by atoms with Gasteiger partial charge in [0.2, 0.25) is 0 Å². The minimum absolute atomic E-state index is 0.0952. The number of methoxy groups -OCH3 is 1. The summed E-state index contributed by atoms with van der Waals surface area (Å²) in [5.41, 5.74) is 6.29. The van der Waals surface area contributed by atoms with Crippen LogP contribution in [0.25, 0.3) is 5.69 Å². The van der Waals surface area contributed by atoms with E-state index in [9.17, 15) is 14.7 Å². The van der Waals surface area contributed by atoms with Crippen LogP contribution < -0.4 is 19.5 Å². The molecule has 0 radical (unpaired) electrons. The van der Waals surface area contributed by atoms with E-state index in [-0.39, 0.29) is 17.2 Å². The van der Waals surface area contributed by atoms with Crippen molar-refractivity contribution >= 4 is 11.8 Å². The summed E-state index contributed by atoms with van der Waals surface area (Å²) in [6.07, 6.45) is 1.12. The molecule has 8 rings (SSSR count). The fourth-order valence-corrected chi connectivity index (χ4v) is 6.50. The van der Waals surface area contributed by atoms with Crippen molar-refractivity contribution in [1.82, 2.24) is 20.0 Å². The van der Waals surface area contributed by atoms with E-state index in [1.54, 1.807) is 13.2 Å². The normalized spacial score (nSPS) is 15.9. The van der Waals surface area contributed by atoms with E-state index in [1.807, 2.05) is 90.2 Å². The molecule has 8 bridgehead atoms. The second-order valence-corrected chi connectivity index (χ2v) is 12.1. The molecular weight excluding hydrogens is 608 g/mol. The van der Waals surface area contributed by atoms with Gasteiger partial charge in [0, 0.05) is 24.3 Å². The number of phenolic OH excluding ortho intramolecular Hbond substituents is 1. The molecule has 48 heavy (non-hydrogen) atoms. The van der Waals surface area contributed by atoms with Gasteiger partial charge in [-0.15, -0.1) is 0 Å². The number of carbonyl (C=O) groups excluding carboxylic acids is 2. The van der Waals surface area contributed by atoms with Gasteiger partial charge < -0.3 is 29.5 Å². The van der Waals surface area contributed by atoms with Crippen LogP contribution >= 0.6 is 0 Å². The van der Waals surface area contributed by atoms with Crippen molar-refractivity contribution in [2.24, 2.45) is 0 Å². The van der Waals surface area contributed by atoms with Crippen molar-refractivity contribution in [3.05, 3.63) is 124 Å². The molecule has 1 unspecified atom stereocenters. The van der Waals surface area contributed by atoms with Crippen LogP contribution in [-0.2, 0) is 6.42 Å². The van der Waals surface area contributed by atoms with E-state index < -0.39 is 11.9 Å². The van der Waals surface area contributed by atoms with Crippen LogP contribution in [-0.4, -0.2) is 58.4 Å². The number of aromatic hydroxyl groups is 1. The molecule has 5 aromatic rings. The summed E-state index contributed by atoms with van der Waals surface area (Å²) >= 11 is 0. The van der Waals surface area contributed by atoms with Crippen molar-refractivity contribution in [2.75, 3.05) is 26.8 Å². The number of benzene rings is 4. The van der Waals surface area contributed by atoms with E-state index in [2.05, 4.69) is 10.4 Å². The number of amides is 2. The van der Waals surface area contributed by atoms with Crippen LogP contribution in [0.15, 0.2) is 84.9 Å². The second kappa shape index (κ2) is 12.8. The predicted molar refractivity (Wildman–Crippen MR) is 180 cm³/mol. The largest absolute Gasteiger partial charge is 0.507 e. The van der Waals surface area contributed by atoms with Crippen LogP contribution in [0.3, 0.4) is 0 Å². The minimum Gasteiger partial charge on any atom is -0.507 e. The van der Waals surface area contributed by atoms with Crippen molar-refractivity contribution < 1.29 is 28.9 Å². The van der Waals surface area contributed by atoms with Crippen molar-refractivity contribution in [1.29, 1.82) is 0 Å². The lowest BCUT2D eigenvalue weighted by Gasteiger charge is -2.38. The SMILES string of the molecule is COc1ccc2cc1OCCCNC(=O)c1cc(ccc1O)Oc1ccc3c(c1)CCN(C(=O)c1cccc(-n4nc(C)cc4C)c1)C23. The summed E-state index contributed by atoms with van der Waals surface area (Å²) in [5.74, 6) is 1.48. The van der Waals surface area contributed by atoms with Crippen LogP contribution in [0.5, 0.6) is 28.7 Å². The van der Waals surface area contributed by atoms with Crippen LogP contribution in [0.4, 0.5) is 0 Å². The number of nitrogens with zero attached hydrogens (tertiary/aromatic N) is 3. The average molecular weight is 645 g/mol. The lowest BCUT2D eigenvalue weighted by Crippen LogP contribution is -2.40. The first-order valence-corrected chi connectivity index (χ1v) is 16.0. The molecule has 0 saturated heterocycles. The van der Waals surface area contributed by atoms with Gasteiger partial charge in [-0.05, 0) is 110 Å². The van der Waals surface area contributed by atoms with E-state index in [0.717, 1.165) is 33.8 Å². The van der Waals surface area contributed by atoms with Crippen LogP contribution in [0.1, 0.15) is 61.3 Å². The Morgan fingerprint density at radius 3 is 2.65 bits per heavy atom. The maximum Gasteiger partial charge on any atom is 0.255 e. The highest BCUT2D eigenvalue weighted by molar-refractivity contribution is 5.97. The average Bonchev–Trinajstić information content (AvgIpc) is 3.44. The van der Waals surface area contributed by atoms with Gasteiger partial charge in [0.25, 0.3) is 11.8 Å². The molecule has 3 aliphatic rings. The lowest BCUT2D eigenvalue weighted by molar-refractivity contribution is 0.0694. The number of carbonyl (C=O) groups is 2. The number of rotatable bonds is 3. The second-order valence-electron chi connectivity index (χ2n) is 12.1. The molecule has 4 heterocycles. The number of phenols is 1. The maximum absolute atomic E-state index is 14.4. The number of aryl methyl sites for hydroxylation is 2. The third kappa shape index (κ3) is 5.92. The van der Waals surface area contributed by atoms with Gasteiger partial charge in [-0.2, -0.15) is 5.10 Å². The summed E-state index contributed by atoms with van der Waals surface area (Å²) in [6.45, 7) is 5.05. The number of ether oxygens (including phenoxy) is 3.